The normalized spacial score (nSPS) is 15.8. The number of fused-ring (bicyclic) bond motifs is 1. The first-order valence-corrected chi connectivity index (χ1v) is 10.1. The van der Waals surface area contributed by atoms with Crippen molar-refractivity contribution in [2.75, 3.05) is 0 Å². The van der Waals surface area contributed by atoms with Crippen molar-refractivity contribution in [2.45, 2.75) is 58.7 Å². The monoisotopic (exact) mass is 274 g/mol. The standard InChI is InChI=1S/C17H26OSi/c1-13-8-7-9-14-12-15(10-11-16(13)14)18-19(5,6)17(2,3)4/h8,10-12H,7,9H2,1-6H3. The first-order valence-electron chi connectivity index (χ1n) is 7.20. The highest BCUT2D eigenvalue weighted by atomic mass is 28.4. The van der Waals surface area contributed by atoms with Crippen LogP contribution < -0.4 is 4.43 Å². The third kappa shape index (κ3) is 2.94. The molecule has 104 valence electrons. The van der Waals surface area contributed by atoms with Crippen LogP contribution in [-0.4, -0.2) is 8.32 Å². The molecule has 1 aliphatic rings. The minimum atomic E-state index is -1.72. The number of benzene rings is 1. The Morgan fingerprint density at radius 2 is 1.84 bits per heavy atom. The van der Waals surface area contributed by atoms with E-state index in [1.54, 1.807) is 0 Å². The van der Waals surface area contributed by atoms with Gasteiger partial charge >= 0.3 is 0 Å². The fourth-order valence-electron chi connectivity index (χ4n) is 2.23. The quantitative estimate of drug-likeness (QED) is 0.654. The molecule has 0 unspecified atom stereocenters. The minimum Gasteiger partial charge on any atom is -0.543 e. The Morgan fingerprint density at radius 3 is 2.47 bits per heavy atom. The Bertz CT molecular complexity index is 506. The Labute approximate surface area is 118 Å². The van der Waals surface area contributed by atoms with Gasteiger partial charge < -0.3 is 4.43 Å². The lowest BCUT2D eigenvalue weighted by atomic mass is 9.92. The number of allylic oxidation sites excluding steroid dienone is 2. The van der Waals surface area contributed by atoms with Gasteiger partial charge in [-0.2, -0.15) is 0 Å². The Hall–Kier alpha value is -1.02. The molecule has 0 heterocycles. The van der Waals surface area contributed by atoms with Crippen molar-refractivity contribution in [1.82, 2.24) is 0 Å². The second kappa shape index (κ2) is 4.82. The topological polar surface area (TPSA) is 9.23 Å². The summed E-state index contributed by atoms with van der Waals surface area (Å²) in [6.45, 7) is 13.7. The zero-order valence-corrected chi connectivity index (χ0v) is 14.1. The molecule has 1 aliphatic carbocycles. The van der Waals surface area contributed by atoms with Gasteiger partial charge in [0.2, 0.25) is 8.32 Å². The summed E-state index contributed by atoms with van der Waals surface area (Å²) in [5.41, 5.74) is 4.24. The van der Waals surface area contributed by atoms with Crippen LogP contribution >= 0.6 is 0 Å². The molecule has 2 heteroatoms. The van der Waals surface area contributed by atoms with E-state index in [4.69, 9.17) is 4.43 Å². The zero-order chi connectivity index (χ0) is 14.3. The zero-order valence-electron chi connectivity index (χ0n) is 13.1. The van der Waals surface area contributed by atoms with Crippen molar-refractivity contribution in [1.29, 1.82) is 0 Å². The molecule has 1 nitrogen and oxygen atoms in total. The van der Waals surface area contributed by atoms with Crippen molar-refractivity contribution in [3.63, 3.8) is 0 Å². The molecule has 0 radical (unpaired) electrons. The van der Waals surface area contributed by atoms with Crippen molar-refractivity contribution >= 4 is 13.9 Å². The van der Waals surface area contributed by atoms with Crippen LogP contribution in [0.15, 0.2) is 24.3 Å². The average Bonchev–Trinajstić information content (AvgIpc) is 2.27. The van der Waals surface area contributed by atoms with Crippen LogP contribution in [0.5, 0.6) is 5.75 Å². The fourth-order valence-corrected chi connectivity index (χ4v) is 3.25. The summed E-state index contributed by atoms with van der Waals surface area (Å²) < 4.78 is 6.39. The highest BCUT2D eigenvalue weighted by Crippen LogP contribution is 2.38. The van der Waals surface area contributed by atoms with Crippen LogP contribution in [0.1, 0.15) is 45.2 Å². The first kappa shape index (κ1) is 14.4. The van der Waals surface area contributed by atoms with E-state index in [1.807, 2.05) is 0 Å². The molecule has 0 aromatic heterocycles. The van der Waals surface area contributed by atoms with E-state index in [1.165, 1.54) is 16.7 Å². The van der Waals surface area contributed by atoms with E-state index in [2.05, 4.69) is 65.1 Å². The maximum absolute atomic E-state index is 6.39. The summed E-state index contributed by atoms with van der Waals surface area (Å²) in [6.07, 6.45) is 4.63. The van der Waals surface area contributed by atoms with Crippen LogP contribution in [0, 0.1) is 0 Å². The lowest BCUT2D eigenvalue weighted by Crippen LogP contribution is -2.43. The van der Waals surface area contributed by atoms with Gasteiger partial charge in [0.15, 0.2) is 0 Å². The van der Waals surface area contributed by atoms with E-state index in [0.29, 0.717) is 0 Å². The predicted molar refractivity (Wildman–Crippen MR) is 86.2 cm³/mol. The van der Waals surface area contributed by atoms with Gasteiger partial charge in [-0.3, -0.25) is 0 Å². The van der Waals surface area contributed by atoms with Crippen LogP contribution in [0.3, 0.4) is 0 Å². The Morgan fingerprint density at radius 1 is 1.16 bits per heavy atom. The number of rotatable bonds is 2. The van der Waals surface area contributed by atoms with E-state index < -0.39 is 8.32 Å². The fraction of sp³-hybridized carbons (Fsp3) is 0.529. The smallest absolute Gasteiger partial charge is 0.250 e. The maximum atomic E-state index is 6.39. The third-order valence-corrected chi connectivity index (χ3v) is 8.90. The first-order chi connectivity index (χ1) is 8.71. The molecular formula is C17H26OSi. The van der Waals surface area contributed by atoms with Gasteiger partial charge in [-0.25, -0.2) is 0 Å². The molecule has 0 bridgehead atoms. The largest absolute Gasteiger partial charge is 0.543 e. The van der Waals surface area contributed by atoms with Crippen LogP contribution in [0.25, 0.3) is 5.57 Å². The van der Waals surface area contributed by atoms with Crippen molar-refractivity contribution in [2.24, 2.45) is 0 Å². The molecule has 0 spiro atoms. The molecule has 1 aromatic carbocycles. The molecule has 0 amide bonds. The van der Waals surface area contributed by atoms with Gasteiger partial charge in [0.05, 0.1) is 0 Å². The summed E-state index contributed by atoms with van der Waals surface area (Å²) in [5.74, 6) is 1.06. The number of aryl methyl sites for hydroxylation is 1. The van der Waals surface area contributed by atoms with Gasteiger partial charge in [-0.15, -0.1) is 0 Å². The third-order valence-electron chi connectivity index (χ3n) is 4.54. The van der Waals surface area contributed by atoms with Crippen LogP contribution in [0.4, 0.5) is 0 Å². The number of hydrogen-bond donors (Lipinski definition) is 0. The van der Waals surface area contributed by atoms with Crippen LogP contribution in [-0.2, 0) is 6.42 Å². The minimum absolute atomic E-state index is 0.249. The molecular weight excluding hydrogens is 248 g/mol. The highest BCUT2D eigenvalue weighted by Gasteiger charge is 2.39. The van der Waals surface area contributed by atoms with Gasteiger partial charge in [0, 0.05) is 0 Å². The van der Waals surface area contributed by atoms with Crippen molar-refractivity contribution < 1.29 is 4.43 Å². The van der Waals surface area contributed by atoms with Gasteiger partial charge in [-0.1, -0.05) is 32.9 Å². The summed E-state index contributed by atoms with van der Waals surface area (Å²) in [4.78, 5) is 0. The van der Waals surface area contributed by atoms with Crippen molar-refractivity contribution in [3.8, 4) is 5.75 Å². The molecule has 19 heavy (non-hydrogen) atoms. The molecule has 0 N–H and O–H groups in total. The molecule has 2 rings (SSSR count). The summed E-state index contributed by atoms with van der Waals surface area (Å²) in [5, 5.41) is 0.249. The molecule has 0 aliphatic heterocycles. The van der Waals surface area contributed by atoms with E-state index in [0.717, 1.165) is 18.6 Å². The molecule has 0 saturated heterocycles. The molecule has 0 atom stereocenters. The number of hydrogen-bond acceptors (Lipinski definition) is 1. The second-order valence-electron chi connectivity index (χ2n) is 7.11. The second-order valence-corrected chi connectivity index (χ2v) is 11.8. The highest BCUT2D eigenvalue weighted by molar-refractivity contribution is 6.74. The van der Waals surface area contributed by atoms with Crippen molar-refractivity contribution in [3.05, 3.63) is 35.4 Å². The molecule has 1 aromatic rings. The predicted octanol–water partition coefficient (Wildman–Crippen LogP) is 5.42. The Balaban J connectivity index is 2.27. The molecule has 0 saturated carbocycles. The van der Waals surface area contributed by atoms with Gasteiger partial charge in [-0.05, 0) is 66.7 Å². The van der Waals surface area contributed by atoms with E-state index in [-0.39, 0.29) is 5.04 Å². The SMILES string of the molecule is CC1=CCCc2cc(O[Si](C)(C)C(C)(C)C)ccc21. The average molecular weight is 274 g/mol. The maximum Gasteiger partial charge on any atom is 0.250 e. The lowest BCUT2D eigenvalue weighted by Gasteiger charge is -2.36. The Kier molecular flexibility index (Phi) is 3.65. The van der Waals surface area contributed by atoms with Gasteiger partial charge in [0.1, 0.15) is 5.75 Å². The molecule has 0 fully saturated rings. The van der Waals surface area contributed by atoms with E-state index in [9.17, 15) is 0 Å². The summed E-state index contributed by atoms with van der Waals surface area (Å²) in [7, 11) is -1.72. The van der Waals surface area contributed by atoms with Crippen LogP contribution in [0.2, 0.25) is 18.1 Å². The summed E-state index contributed by atoms with van der Waals surface area (Å²) in [6, 6.07) is 6.62. The van der Waals surface area contributed by atoms with Gasteiger partial charge in [0.25, 0.3) is 0 Å². The van der Waals surface area contributed by atoms with E-state index >= 15 is 0 Å². The lowest BCUT2D eigenvalue weighted by molar-refractivity contribution is 0.491. The summed E-state index contributed by atoms with van der Waals surface area (Å²) >= 11 is 0.